The SMILES string of the molecule is O=C1C(=Cc2ccc(OCC(F)(F)F)cc2)C(=O)c2ccccc21. The molecule has 3 rings (SSSR count). The highest BCUT2D eigenvalue weighted by Crippen LogP contribution is 2.28. The Morgan fingerprint density at radius 2 is 1.42 bits per heavy atom. The average Bonchev–Trinajstić information content (AvgIpc) is 2.79. The number of Topliss-reactive ketones (excluding diaryl/α,β-unsaturated/α-hetero) is 2. The van der Waals surface area contributed by atoms with Crippen molar-refractivity contribution >= 4 is 17.6 Å². The van der Waals surface area contributed by atoms with Crippen molar-refractivity contribution in [3.8, 4) is 5.75 Å². The molecule has 1 aliphatic carbocycles. The lowest BCUT2D eigenvalue weighted by molar-refractivity contribution is -0.153. The Labute approximate surface area is 135 Å². The maximum Gasteiger partial charge on any atom is 0.422 e. The maximum atomic E-state index is 12.3. The van der Waals surface area contributed by atoms with Gasteiger partial charge in [-0.2, -0.15) is 13.2 Å². The first-order valence-corrected chi connectivity index (χ1v) is 7.05. The van der Waals surface area contributed by atoms with Crippen molar-refractivity contribution in [3.63, 3.8) is 0 Å². The molecule has 0 saturated carbocycles. The summed E-state index contributed by atoms with van der Waals surface area (Å²) in [5.74, 6) is -0.650. The summed E-state index contributed by atoms with van der Waals surface area (Å²) in [6.07, 6.45) is -2.98. The summed E-state index contributed by atoms with van der Waals surface area (Å²) in [6, 6.07) is 12.2. The summed E-state index contributed by atoms with van der Waals surface area (Å²) in [5, 5.41) is 0. The summed E-state index contributed by atoms with van der Waals surface area (Å²) in [6.45, 7) is -1.38. The molecule has 0 bridgehead atoms. The quantitative estimate of drug-likeness (QED) is 0.628. The molecule has 0 saturated heterocycles. The molecular weight excluding hydrogens is 321 g/mol. The summed E-state index contributed by atoms with van der Waals surface area (Å²) in [7, 11) is 0. The molecule has 0 radical (unpaired) electrons. The molecule has 0 atom stereocenters. The van der Waals surface area contributed by atoms with Crippen LogP contribution in [0.25, 0.3) is 6.08 Å². The van der Waals surface area contributed by atoms with Gasteiger partial charge in [0.25, 0.3) is 0 Å². The van der Waals surface area contributed by atoms with Crippen molar-refractivity contribution < 1.29 is 27.5 Å². The second-order valence-electron chi connectivity index (χ2n) is 5.23. The first-order chi connectivity index (χ1) is 11.3. The summed E-state index contributed by atoms with van der Waals surface area (Å²) < 4.78 is 40.9. The van der Waals surface area contributed by atoms with E-state index in [0.29, 0.717) is 16.7 Å². The Kier molecular flexibility index (Phi) is 3.97. The molecule has 0 spiro atoms. The van der Waals surface area contributed by atoms with Gasteiger partial charge in [-0.3, -0.25) is 9.59 Å². The zero-order chi connectivity index (χ0) is 17.3. The number of hydrogen-bond acceptors (Lipinski definition) is 3. The molecule has 0 unspecified atom stereocenters. The molecular formula is C18H11F3O3. The number of benzene rings is 2. The molecule has 2 aromatic rings. The van der Waals surface area contributed by atoms with Gasteiger partial charge >= 0.3 is 6.18 Å². The van der Waals surface area contributed by atoms with Gasteiger partial charge < -0.3 is 4.74 Å². The number of alkyl halides is 3. The Morgan fingerprint density at radius 1 is 0.875 bits per heavy atom. The number of carbonyl (C=O) groups is 2. The van der Waals surface area contributed by atoms with Gasteiger partial charge in [0.1, 0.15) is 5.75 Å². The van der Waals surface area contributed by atoms with Crippen LogP contribution in [-0.4, -0.2) is 24.3 Å². The highest BCUT2D eigenvalue weighted by Gasteiger charge is 2.32. The Balaban J connectivity index is 1.80. The van der Waals surface area contributed by atoms with Crippen LogP contribution in [0.3, 0.4) is 0 Å². The largest absolute Gasteiger partial charge is 0.484 e. The molecule has 1 aliphatic rings. The van der Waals surface area contributed by atoms with E-state index in [0.717, 1.165) is 0 Å². The fraction of sp³-hybridized carbons (Fsp3) is 0.111. The number of allylic oxidation sites excluding steroid dienone is 1. The van der Waals surface area contributed by atoms with Crippen molar-refractivity contribution in [3.05, 3.63) is 70.8 Å². The number of fused-ring (bicyclic) bond motifs is 1. The molecule has 122 valence electrons. The zero-order valence-electron chi connectivity index (χ0n) is 12.3. The number of ketones is 2. The summed E-state index contributed by atoms with van der Waals surface area (Å²) in [5.41, 5.74) is 1.29. The van der Waals surface area contributed by atoms with Crippen LogP contribution in [-0.2, 0) is 0 Å². The van der Waals surface area contributed by atoms with Crippen LogP contribution in [0.2, 0.25) is 0 Å². The van der Waals surface area contributed by atoms with Crippen molar-refractivity contribution in [2.45, 2.75) is 6.18 Å². The number of hydrogen-bond donors (Lipinski definition) is 0. The average molecular weight is 332 g/mol. The Morgan fingerprint density at radius 3 is 1.92 bits per heavy atom. The first-order valence-electron chi connectivity index (χ1n) is 7.05. The van der Waals surface area contributed by atoms with Crippen LogP contribution < -0.4 is 4.74 Å². The molecule has 6 heteroatoms. The molecule has 0 heterocycles. The van der Waals surface area contributed by atoms with Crippen LogP contribution >= 0.6 is 0 Å². The monoisotopic (exact) mass is 332 g/mol. The van der Waals surface area contributed by atoms with Gasteiger partial charge in [0.05, 0.1) is 5.57 Å². The highest BCUT2D eigenvalue weighted by atomic mass is 19.4. The van der Waals surface area contributed by atoms with Gasteiger partial charge in [-0.25, -0.2) is 0 Å². The van der Waals surface area contributed by atoms with E-state index in [-0.39, 0.29) is 22.9 Å². The smallest absolute Gasteiger partial charge is 0.422 e. The predicted molar refractivity (Wildman–Crippen MR) is 81.1 cm³/mol. The molecule has 0 fully saturated rings. The number of halogens is 3. The van der Waals surface area contributed by atoms with Crippen LogP contribution in [0.5, 0.6) is 5.75 Å². The van der Waals surface area contributed by atoms with Gasteiger partial charge in [-0.15, -0.1) is 0 Å². The van der Waals surface area contributed by atoms with Crippen LogP contribution in [0, 0.1) is 0 Å². The fourth-order valence-corrected chi connectivity index (χ4v) is 2.40. The normalized spacial score (nSPS) is 13.9. The molecule has 0 N–H and O–H groups in total. The van der Waals surface area contributed by atoms with E-state index >= 15 is 0 Å². The van der Waals surface area contributed by atoms with Crippen molar-refractivity contribution in [2.75, 3.05) is 6.61 Å². The minimum atomic E-state index is -4.41. The van der Waals surface area contributed by atoms with Crippen molar-refractivity contribution in [2.24, 2.45) is 0 Å². The molecule has 24 heavy (non-hydrogen) atoms. The molecule has 0 aliphatic heterocycles. The zero-order valence-corrected chi connectivity index (χ0v) is 12.3. The minimum absolute atomic E-state index is 0.0418. The van der Waals surface area contributed by atoms with Crippen LogP contribution in [0.15, 0.2) is 54.1 Å². The van der Waals surface area contributed by atoms with E-state index in [1.807, 2.05) is 0 Å². The van der Waals surface area contributed by atoms with Gasteiger partial charge in [-0.05, 0) is 23.8 Å². The van der Waals surface area contributed by atoms with E-state index in [2.05, 4.69) is 4.74 Å². The molecule has 3 nitrogen and oxygen atoms in total. The second kappa shape index (κ2) is 5.96. The van der Waals surface area contributed by atoms with E-state index in [1.54, 1.807) is 24.3 Å². The molecule has 0 aromatic heterocycles. The maximum absolute atomic E-state index is 12.3. The lowest BCUT2D eigenvalue weighted by atomic mass is 10.1. The van der Waals surface area contributed by atoms with Gasteiger partial charge in [0, 0.05) is 11.1 Å². The second-order valence-corrected chi connectivity index (χ2v) is 5.23. The van der Waals surface area contributed by atoms with E-state index in [1.165, 1.54) is 30.3 Å². The van der Waals surface area contributed by atoms with E-state index in [4.69, 9.17) is 0 Å². The standard InChI is InChI=1S/C18H11F3O3/c19-18(20,21)10-24-12-7-5-11(6-8-12)9-15-16(22)13-3-1-2-4-14(13)17(15)23/h1-9H,10H2. The van der Waals surface area contributed by atoms with Crippen molar-refractivity contribution in [1.82, 2.24) is 0 Å². The lowest BCUT2D eigenvalue weighted by Crippen LogP contribution is -2.19. The number of ether oxygens (including phenoxy) is 1. The highest BCUT2D eigenvalue weighted by molar-refractivity contribution is 6.41. The van der Waals surface area contributed by atoms with Crippen LogP contribution in [0.1, 0.15) is 26.3 Å². The summed E-state index contributed by atoms with van der Waals surface area (Å²) in [4.78, 5) is 24.5. The van der Waals surface area contributed by atoms with Crippen LogP contribution in [0.4, 0.5) is 13.2 Å². The fourth-order valence-electron chi connectivity index (χ4n) is 2.40. The Hall–Kier alpha value is -2.89. The van der Waals surface area contributed by atoms with Gasteiger partial charge in [0.2, 0.25) is 0 Å². The third kappa shape index (κ3) is 3.22. The summed E-state index contributed by atoms with van der Waals surface area (Å²) >= 11 is 0. The predicted octanol–water partition coefficient (Wildman–Crippen LogP) is 4.09. The van der Waals surface area contributed by atoms with Crippen molar-refractivity contribution in [1.29, 1.82) is 0 Å². The topological polar surface area (TPSA) is 43.4 Å². The lowest BCUT2D eigenvalue weighted by Gasteiger charge is -2.09. The molecule has 0 amide bonds. The number of rotatable bonds is 3. The Bertz CT molecular complexity index is 796. The minimum Gasteiger partial charge on any atom is -0.484 e. The van der Waals surface area contributed by atoms with E-state index in [9.17, 15) is 22.8 Å². The molecule has 2 aromatic carbocycles. The third-order valence-electron chi connectivity index (χ3n) is 3.50. The third-order valence-corrected chi connectivity index (χ3v) is 3.50. The first kappa shape index (κ1) is 16.0. The van der Waals surface area contributed by atoms with E-state index < -0.39 is 12.8 Å². The number of carbonyl (C=O) groups excluding carboxylic acids is 2. The van der Waals surface area contributed by atoms with Gasteiger partial charge in [-0.1, -0.05) is 36.4 Å². The van der Waals surface area contributed by atoms with Gasteiger partial charge in [0.15, 0.2) is 18.2 Å².